The Hall–Kier alpha value is -1.36. The van der Waals surface area contributed by atoms with Gasteiger partial charge in [0.25, 0.3) is 0 Å². The zero-order valence-corrected chi connectivity index (χ0v) is 5.74. The first-order valence-electron chi connectivity index (χ1n) is 3.52. The number of nitrogens with two attached hydrogens (primary N) is 1. The maximum atomic E-state index is 10.4. The van der Waals surface area contributed by atoms with Crippen LogP contribution in [0.1, 0.15) is 7.06 Å². The number of imidazole rings is 1. The molecular formula is C6H9N3O2. The van der Waals surface area contributed by atoms with Gasteiger partial charge in [-0.3, -0.25) is 4.79 Å². The lowest BCUT2D eigenvalue weighted by atomic mass is 10.2. The molecule has 0 aliphatic rings. The normalized spacial score (nSPS) is 17.0. The molecule has 4 N–H and O–H groups in total. The Morgan fingerprint density at radius 1 is 2.09 bits per heavy atom. The maximum absolute atomic E-state index is 10.4. The van der Waals surface area contributed by atoms with Gasteiger partial charge in [0, 0.05) is 18.3 Å². The summed E-state index contributed by atoms with van der Waals surface area (Å²) in [4.78, 5) is 16.8. The molecule has 1 rings (SSSR count). The SMILES string of the molecule is [3H][C@](N)(Cc1cnc[nH]1)C(=O)O. The molecular weight excluding hydrogens is 146 g/mol. The summed E-state index contributed by atoms with van der Waals surface area (Å²) < 4.78 is 7.19. The van der Waals surface area contributed by atoms with Gasteiger partial charge in [0.05, 0.1) is 7.70 Å². The van der Waals surface area contributed by atoms with Crippen LogP contribution < -0.4 is 5.73 Å². The summed E-state index contributed by atoms with van der Waals surface area (Å²) in [6.45, 7) is 0. The van der Waals surface area contributed by atoms with E-state index in [2.05, 4.69) is 9.97 Å². The van der Waals surface area contributed by atoms with Gasteiger partial charge in [0.2, 0.25) is 0 Å². The van der Waals surface area contributed by atoms with E-state index < -0.39 is 12.0 Å². The summed E-state index contributed by atoms with van der Waals surface area (Å²) >= 11 is 0. The number of rotatable bonds is 3. The van der Waals surface area contributed by atoms with Crippen molar-refractivity contribution in [2.24, 2.45) is 5.73 Å². The van der Waals surface area contributed by atoms with Crippen molar-refractivity contribution in [3.8, 4) is 0 Å². The zero-order valence-electron chi connectivity index (χ0n) is 6.74. The molecule has 60 valence electrons. The summed E-state index contributed by atoms with van der Waals surface area (Å²) in [5.74, 6) is -1.35. The van der Waals surface area contributed by atoms with E-state index in [1.165, 1.54) is 12.5 Å². The van der Waals surface area contributed by atoms with Gasteiger partial charge >= 0.3 is 5.97 Å². The van der Waals surface area contributed by atoms with E-state index in [9.17, 15) is 4.79 Å². The summed E-state index contributed by atoms with van der Waals surface area (Å²) in [6, 6.07) is -1.98. The number of nitrogens with one attached hydrogen (secondary N) is 1. The second-order valence-corrected chi connectivity index (χ2v) is 2.08. The number of H-pyrrole nitrogens is 1. The topological polar surface area (TPSA) is 92.0 Å². The minimum absolute atomic E-state index is 0.0810. The average Bonchev–Trinajstić information content (AvgIpc) is 2.38. The van der Waals surface area contributed by atoms with Crippen LogP contribution >= 0.6 is 0 Å². The molecule has 0 amide bonds. The van der Waals surface area contributed by atoms with E-state index in [1.807, 2.05) is 0 Å². The lowest BCUT2D eigenvalue weighted by Gasteiger charge is -2.02. The third kappa shape index (κ3) is 2.05. The fourth-order valence-corrected chi connectivity index (χ4v) is 0.662. The quantitative estimate of drug-likeness (QED) is 0.544. The van der Waals surface area contributed by atoms with E-state index in [0.717, 1.165) is 0 Å². The smallest absolute Gasteiger partial charge is 0.320 e. The van der Waals surface area contributed by atoms with Gasteiger partial charge in [0.15, 0.2) is 0 Å². The van der Waals surface area contributed by atoms with Crippen molar-refractivity contribution in [2.75, 3.05) is 0 Å². The molecule has 5 heteroatoms. The number of nitrogens with zero attached hydrogens (tertiary/aromatic N) is 1. The first-order chi connectivity index (χ1) is 5.52. The third-order valence-corrected chi connectivity index (χ3v) is 1.21. The van der Waals surface area contributed by atoms with Crippen LogP contribution in [0.25, 0.3) is 0 Å². The van der Waals surface area contributed by atoms with E-state index in [-0.39, 0.29) is 6.42 Å². The van der Waals surface area contributed by atoms with Gasteiger partial charge in [-0.05, 0) is 0 Å². The van der Waals surface area contributed by atoms with Crippen LogP contribution in [-0.2, 0) is 11.2 Å². The van der Waals surface area contributed by atoms with E-state index in [0.29, 0.717) is 5.69 Å². The van der Waals surface area contributed by atoms with Crippen molar-refractivity contribution >= 4 is 5.97 Å². The Labute approximate surface area is 64.7 Å². The second kappa shape index (κ2) is 3.16. The number of aliphatic carboxylic acids is 1. The minimum atomic E-state index is -1.98. The fraction of sp³-hybridized carbons (Fsp3) is 0.333. The van der Waals surface area contributed by atoms with E-state index in [1.54, 1.807) is 0 Å². The summed E-state index contributed by atoms with van der Waals surface area (Å²) in [5, 5.41) is 8.49. The van der Waals surface area contributed by atoms with Crippen molar-refractivity contribution in [1.82, 2.24) is 9.97 Å². The molecule has 5 nitrogen and oxygen atoms in total. The molecule has 0 saturated heterocycles. The van der Waals surface area contributed by atoms with Crippen LogP contribution in [0.5, 0.6) is 0 Å². The molecule has 0 radical (unpaired) electrons. The molecule has 1 atom stereocenters. The van der Waals surface area contributed by atoms with Crippen molar-refractivity contribution in [3.05, 3.63) is 18.2 Å². The molecule has 1 aromatic heterocycles. The molecule has 1 aromatic rings. The van der Waals surface area contributed by atoms with Gasteiger partial charge in [-0.2, -0.15) is 0 Å². The highest BCUT2D eigenvalue weighted by Crippen LogP contribution is 1.95. The molecule has 0 unspecified atom stereocenters. The van der Waals surface area contributed by atoms with Crippen LogP contribution in [0.4, 0.5) is 0 Å². The molecule has 0 aromatic carbocycles. The average molecular weight is 157 g/mol. The number of hydrogen-bond donors (Lipinski definition) is 3. The predicted octanol–water partition coefficient (Wildman–Crippen LogP) is -0.636. The minimum Gasteiger partial charge on any atom is -0.480 e. The van der Waals surface area contributed by atoms with Gasteiger partial charge in [-0.15, -0.1) is 0 Å². The first-order valence-corrected chi connectivity index (χ1v) is 3.02. The number of aromatic nitrogens is 2. The molecule has 0 saturated carbocycles. The number of carbonyl (C=O) groups is 1. The number of carboxylic acid groups (broad SMARTS) is 1. The first kappa shape index (κ1) is 6.36. The van der Waals surface area contributed by atoms with Crippen LogP contribution in [0.15, 0.2) is 12.5 Å². The Balaban J connectivity index is 2.69. The fourth-order valence-electron chi connectivity index (χ4n) is 0.662. The lowest BCUT2D eigenvalue weighted by Crippen LogP contribution is -2.32. The van der Waals surface area contributed by atoms with Crippen molar-refractivity contribution in [1.29, 1.82) is 0 Å². The number of aromatic amines is 1. The maximum Gasteiger partial charge on any atom is 0.320 e. The molecule has 0 aliphatic heterocycles. The number of hydrogen-bond acceptors (Lipinski definition) is 3. The Kier molecular flexibility index (Phi) is 1.82. The van der Waals surface area contributed by atoms with Crippen molar-refractivity contribution in [2.45, 2.75) is 12.4 Å². The van der Waals surface area contributed by atoms with Crippen LogP contribution in [-0.4, -0.2) is 27.1 Å². The summed E-state index contributed by atoms with van der Waals surface area (Å²) in [5.41, 5.74) is 5.71. The lowest BCUT2D eigenvalue weighted by molar-refractivity contribution is -0.138. The summed E-state index contributed by atoms with van der Waals surface area (Å²) in [6.07, 6.45) is 2.77. The Morgan fingerprint density at radius 3 is 3.27 bits per heavy atom. The Bertz CT molecular complexity index is 270. The number of carboxylic acids is 1. The van der Waals surface area contributed by atoms with Gasteiger partial charge < -0.3 is 15.8 Å². The molecule has 0 aliphatic carbocycles. The predicted molar refractivity (Wildman–Crippen MR) is 37.9 cm³/mol. The zero-order chi connectivity index (χ0) is 9.19. The molecule has 0 bridgehead atoms. The van der Waals surface area contributed by atoms with Crippen molar-refractivity contribution in [3.63, 3.8) is 0 Å². The molecule has 0 fully saturated rings. The van der Waals surface area contributed by atoms with Crippen LogP contribution in [0.3, 0.4) is 0 Å². The monoisotopic (exact) mass is 157 g/mol. The van der Waals surface area contributed by atoms with E-state index >= 15 is 0 Å². The van der Waals surface area contributed by atoms with Crippen LogP contribution in [0, 0.1) is 0 Å². The highest BCUT2D eigenvalue weighted by molar-refractivity contribution is 5.73. The standard InChI is InChI=1S/C6H9N3O2/c7-5(6(10)11)1-4-2-8-3-9-4/h2-3,5H,1,7H2,(H,8,9)(H,10,11)/t5-/m0/s1/i5T. The van der Waals surface area contributed by atoms with Crippen molar-refractivity contribution < 1.29 is 11.3 Å². The van der Waals surface area contributed by atoms with Gasteiger partial charge in [0.1, 0.15) is 6.02 Å². The van der Waals surface area contributed by atoms with Gasteiger partial charge in [-0.25, -0.2) is 4.98 Å². The molecule has 11 heavy (non-hydrogen) atoms. The van der Waals surface area contributed by atoms with Crippen LogP contribution in [0.2, 0.25) is 0 Å². The highest BCUT2D eigenvalue weighted by Gasteiger charge is 2.11. The highest BCUT2D eigenvalue weighted by atomic mass is 16.4. The largest absolute Gasteiger partial charge is 0.480 e. The molecule has 1 heterocycles. The second-order valence-electron chi connectivity index (χ2n) is 2.08. The molecule has 0 spiro atoms. The third-order valence-electron chi connectivity index (χ3n) is 1.21. The van der Waals surface area contributed by atoms with Gasteiger partial charge in [-0.1, -0.05) is 0 Å². The Morgan fingerprint density at radius 2 is 2.82 bits per heavy atom. The van der Waals surface area contributed by atoms with E-state index in [4.69, 9.17) is 12.2 Å². The summed E-state index contributed by atoms with van der Waals surface area (Å²) in [7, 11) is 0.